The molecule has 1 N–H and O–H groups in total. The Labute approximate surface area is 100 Å². The summed E-state index contributed by atoms with van der Waals surface area (Å²) < 4.78 is 1.69. The van der Waals surface area contributed by atoms with Crippen LogP contribution in [0, 0.1) is 6.92 Å². The van der Waals surface area contributed by atoms with Crippen molar-refractivity contribution in [3.63, 3.8) is 0 Å². The normalized spacial score (nSPS) is 11.1. The van der Waals surface area contributed by atoms with Gasteiger partial charge in [0.1, 0.15) is 11.5 Å². The zero-order valence-electron chi connectivity index (χ0n) is 10.3. The van der Waals surface area contributed by atoms with Crippen molar-refractivity contribution in [2.45, 2.75) is 33.3 Å². The van der Waals surface area contributed by atoms with E-state index in [4.69, 9.17) is 0 Å². The largest absolute Gasteiger partial charge is 0.390 e. The molecule has 2 rings (SSSR count). The van der Waals surface area contributed by atoms with E-state index in [0.717, 1.165) is 17.1 Å². The molecular weight excluding hydrogens is 216 g/mol. The van der Waals surface area contributed by atoms with Crippen molar-refractivity contribution < 1.29 is 5.11 Å². The van der Waals surface area contributed by atoms with Gasteiger partial charge in [0, 0.05) is 12.1 Å². The van der Waals surface area contributed by atoms with Crippen LogP contribution in [0.1, 0.15) is 36.8 Å². The third-order valence-electron chi connectivity index (χ3n) is 2.49. The van der Waals surface area contributed by atoms with E-state index in [1.807, 2.05) is 27.0 Å². The van der Waals surface area contributed by atoms with Crippen molar-refractivity contribution in [3.05, 3.63) is 35.7 Å². The first-order valence-electron chi connectivity index (χ1n) is 5.60. The highest BCUT2D eigenvalue weighted by atomic mass is 16.3. The Kier molecular flexibility index (Phi) is 3.19. The van der Waals surface area contributed by atoms with E-state index in [2.05, 4.69) is 15.1 Å². The summed E-state index contributed by atoms with van der Waals surface area (Å²) in [7, 11) is 0. The number of rotatable bonds is 3. The first kappa shape index (κ1) is 11.7. The fourth-order valence-corrected chi connectivity index (χ4v) is 1.56. The van der Waals surface area contributed by atoms with Crippen molar-refractivity contribution >= 4 is 0 Å². The van der Waals surface area contributed by atoms with Crippen LogP contribution in [-0.4, -0.2) is 24.9 Å². The van der Waals surface area contributed by atoms with Crippen LogP contribution in [0.25, 0.3) is 5.69 Å². The van der Waals surface area contributed by atoms with Crippen LogP contribution in [0.15, 0.2) is 18.6 Å². The van der Waals surface area contributed by atoms with Gasteiger partial charge >= 0.3 is 0 Å². The summed E-state index contributed by atoms with van der Waals surface area (Å²) in [6.07, 6.45) is 5.35. The molecule has 0 amide bonds. The Morgan fingerprint density at radius 2 is 2.12 bits per heavy atom. The van der Waals surface area contributed by atoms with E-state index in [1.54, 1.807) is 17.1 Å². The van der Waals surface area contributed by atoms with Crippen LogP contribution < -0.4 is 0 Å². The van der Waals surface area contributed by atoms with E-state index in [1.165, 1.54) is 0 Å². The highest BCUT2D eigenvalue weighted by Crippen LogP contribution is 2.15. The molecular formula is C12H16N4O. The van der Waals surface area contributed by atoms with Crippen LogP contribution in [-0.2, 0) is 6.61 Å². The van der Waals surface area contributed by atoms with Crippen LogP contribution in [0.2, 0.25) is 0 Å². The summed E-state index contributed by atoms with van der Waals surface area (Å²) in [6.45, 7) is 5.89. The van der Waals surface area contributed by atoms with Gasteiger partial charge in [0.2, 0.25) is 0 Å². The number of nitrogens with zero attached hydrogens (tertiary/aromatic N) is 4. The summed E-state index contributed by atoms with van der Waals surface area (Å²) in [5, 5.41) is 13.6. The zero-order chi connectivity index (χ0) is 12.4. The maximum absolute atomic E-state index is 9.36. The summed E-state index contributed by atoms with van der Waals surface area (Å²) in [4.78, 5) is 8.64. The second-order valence-electron chi connectivity index (χ2n) is 4.34. The molecule has 2 heterocycles. The third-order valence-corrected chi connectivity index (χ3v) is 2.49. The van der Waals surface area contributed by atoms with Crippen molar-refractivity contribution in [2.24, 2.45) is 0 Å². The highest BCUT2D eigenvalue weighted by molar-refractivity contribution is 5.34. The Bertz CT molecular complexity index is 519. The van der Waals surface area contributed by atoms with Crippen molar-refractivity contribution in [1.82, 2.24) is 19.7 Å². The van der Waals surface area contributed by atoms with Gasteiger partial charge in [-0.2, -0.15) is 5.10 Å². The molecule has 2 aromatic heterocycles. The lowest BCUT2D eigenvalue weighted by Crippen LogP contribution is -2.08. The molecule has 5 nitrogen and oxygen atoms in total. The number of aliphatic hydroxyl groups excluding tert-OH is 1. The molecule has 0 aliphatic heterocycles. The lowest BCUT2D eigenvalue weighted by Gasteiger charge is -2.09. The SMILES string of the molecule is Cc1cnn(-c2cnc(C(C)C)nc2CO)c1. The van der Waals surface area contributed by atoms with Crippen LogP contribution in [0.4, 0.5) is 0 Å². The summed E-state index contributed by atoms with van der Waals surface area (Å²) in [5.74, 6) is 0.982. The smallest absolute Gasteiger partial charge is 0.131 e. The van der Waals surface area contributed by atoms with Gasteiger partial charge < -0.3 is 5.11 Å². The van der Waals surface area contributed by atoms with E-state index in [0.29, 0.717) is 5.69 Å². The Morgan fingerprint density at radius 3 is 2.65 bits per heavy atom. The molecule has 0 spiro atoms. The molecule has 0 saturated heterocycles. The average Bonchev–Trinajstić information content (AvgIpc) is 2.74. The topological polar surface area (TPSA) is 63.8 Å². The van der Waals surface area contributed by atoms with Crippen LogP contribution >= 0.6 is 0 Å². The molecule has 5 heteroatoms. The maximum Gasteiger partial charge on any atom is 0.131 e. The lowest BCUT2D eigenvalue weighted by molar-refractivity contribution is 0.275. The van der Waals surface area contributed by atoms with Gasteiger partial charge in [-0.1, -0.05) is 13.8 Å². The van der Waals surface area contributed by atoms with E-state index >= 15 is 0 Å². The van der Waals surface area contributed by atoms with Gasteiger partial charge in [0.05, 0.1) is 24.7 Å². The number of hydrogen-bond donors (Lipinski definition) is 1. The van der Waals surface area contributed by atoms with E-state index < -0.39 is 0 Å². The summed E-state index contributed by atoms with van der Waals surface area (Å²) in [5.41, 5.74) is 2.39. The zero-order valence-corrected chi connectivity index (χ0v) is 10.3. The third kappa shape index (κ3) is 2.34. The molecule has 2 aromatic rings. The second-order valence-corrected chi connectivity index (χ2v) is 4.34. The van der Waals surface area contributed by atoms with Crippen molar-refractivity contribution in [2.75, 3.05) is 0 Å². The van der Waals surface area contributed by atoms with Gasteiger partial charge in [-0.15, -0.1) is 0 Å². The van der Waals surface area contributed by atoms with Crippen molar-refractivity contribution in [1.29, 1.82) is 0 Å². The highest BCUT2D eigenvalue weighted by Gasteiger charge is 2.11. The Morgan fingerprint density at radius 1 is 1.35 bits per heavy atom. The van der Waals surface area contributed by atoms with Gasteiger partial charge in [0.25, 0.3) is 0 Å². The first-order valence-corrected chi connectivity index (χ1v) is 5.60. The number of aromatic nitrogens is 4. The Balaban J connectivity index is 2.48. The minimum atomic E-state index is -0.115. The van der Waals surface area contributed by atoms with Gasteiger partial charge in [-0.05, 0) is 12.5 Å². The molecule has 0 radical (unpaired) electrons. The fourth-order valence-electron chi connectivity index (χ4n) is 1.56. The maximum atomic E-state index is 9.36. The van der Waals surface area contributed by atoms with Crippen molar-refractivity contribution in [3.8, 4) is 5.69 Å². The minimum Gasteiger partial charge on any atom is -0.390 e. The number of hydrogen-bond acceptors (Lipinski definition) is 4. The predicted molar refractivity (Wildman–Crippen MR) is 63.9 cm³/mol. The Hall–Kier alpha value is -1.75. The lowest BCUT2D eigenvalue weighted by atomic mass is 10.2. The molecule has 0 saturated carbocycles. The first-order chi connectivity index (χ1) is 8.11. The second kappa shape index (κ2) is 4.63. The van der Waals surface area contributed by atoms with Crippen LogP contribution in [0.5, 0.6) is 0 Å². The molecule has 0 fully saturated rings. The van der Waals surface area contributed by atoms with Gasteiger partial charge in [-0.3, -0.25) is 0 Å². The predicted octanol–water partition coefficient (Wildman–Crippen LogP) is 1.59. The molecule has 0 aromatic carbocycles. The van der Waals surface area contributed by atoms with E-state index in [9.17, 15) is 5.11 Å². The molecule has 90 valence electrons. The number of aliphatic hydroxyl groups is 1. The molecule has 0 aliphatic carbocycles. The number of aryl methyl sites for hydroxylation is 1. The van der Waals surface area contributed by atoms with E-state index in [-0.39, 0.29) is 12.5 Å². The van der Waals surface area contributed by atoms with Crippen LogP contribution in [0.3, 0.4) is 0 Å². The standard InChI is InChI=1S/C12H16N4O/c1-8(2)12-13-5-11(10(7-17)15-12)16-6-9(3)4-14-16/h4-6,8,17H,7H2,1-3H3. The van der Waals surface area contributed by atoms with Gasteiger partial charge in [0.15, 0.2) is 0 Å². The molecule has 17 heavy (non-hydrogen) atoms. The monoisotopic (exact) mass is 232 g/mol. The molecule has 0 atom stereocenters. The fraction of sp³-hybridized carbons (Fsp3) is 0.417. The quantitative estimate of drug-likeness (QED) is 0.872. The summed E-state index contributed by atoms with van der Waals surface area (Å²) in [6, 6.07) is 0. The molecule has 0 aliphatic rings. The molecule has 0 bridgehead atoms. The summed E-state index contributed by atoms with van der Waals surface area (Å²) >= 11 is 0. The average molecular weight is 232 g/mol. The van der Waals surface area contributed by atoms with Gasteiger partial charge in [-0.25, -0.2) is 14.6 Å². The molecule has 0 unspecified atom stereocenters. The minimum absolute atomic E-state index is 0.115.